The minimum atomic E-state index is -7.49. The van der Waals surface area contributed by atoms with Crippen molar-refractivity contribution in [2.24, 2.45) is 5.41 Å². The second-order valence-electron chi connectivity index (χ2n) is 5.58. The number of alkyl halides is 8. The van der Waals surface area contributed by atoms with Crippen LogP contribution in [0.25, 0.3) is 5.57 Å². The number of hydrogen-bond donors (Lipinski definition) is 0. The van der Waals surface area contributed by atoms with Crippen LogP contribution in [0.1, 0.15) is 5.56 Å². The Morgan fingerprint density at radius 2 is 0.833 bits per heavy atom. The van der Waals surface area contributed by atoms with Crippen molar-refractivity contribution in [3.63, 3.8) is 0 Å². The van der Waals surface area contributed by atoms with E-state index in [4.69, 9.17) is 0 Å². The fraction of sp³-hybridized carbons (Fsp3) is 0.286. The highest BCUT2D eigenvalue weighted by Crippen LogP contribution is 2.69. The lowest BCUT2D eigenvalue weighted by molar-refractivity contribution is -0.384. The van der Waals surface area contributed by atoms with Gasteiger partial charge in [0.15, 0.2) is 40.7 Å². The molecule has 2 rings (SSSR count). The largest absolute Gasteiger partial charge is 0.416 e. The third-order valence-electron chi connectivity index (χ3n) is 4.02. The lowest BCUT2D eigenvalue weighted by Gasteiger charge is -2.43. The predicted molar refractivity (Wildman–Crippen MR) is 63.0 cm³/mol. The average Bonchev–Trinajstić information content (AvgIpc) is 2.57. The number of hydrogen-bond acceptors (Lipinski definition) is 0. The van der Waals surface area contributed by atoms with Crippen LogP contribution in [-0.4, -0.2) is 18.3 Å². The van der Waals surface area contributed by atoms with E-state index in [0.29, 0.717) is 0 Å². The summed E-state index contributed by atoms with van der Waals surface area (Å²) < 4.78 is 214. The van der Waals surface area contributed by atoms with Crippen molar-refractivity contribution in [2.75, 3.05) is 0 Å². The molecule has 0 nitrogen and oxygen atoms in total. The van der Waals surface area contributed by atoms with Crippen LogP contribution >= 0.6 is 0 Å². The first-order chi connectivity index (χ1) is 13.3. The number of allylic oxidation sites excluding steroid dienone is 4. The third-order valence-corrected chi connectivity index (χ3v) is 4.02. The first-order valence-corrected chi connectivity index (χ1v) is 6.77. The molecule has 0 N–H and O–H groups in total. The Bertz CT molecular complexity index is 930. The zero-order valence-electron chi connectivity index (χ0n) is 13.0. The molecule has 30 heavy (non-hydrogen) atoms. The molecule has 0 bridgehead atoms. The van der Waals surface area contributed by atoms with Gasteiger partial charge in [0.05, 0.1) is 11.1 Å². The van der Waals surface area contributed by atoms with Crippen LogP contribution in [0.5, 0.6) is 0 Å². The molecule has 0 spiro atoms. The summed E-state index contributed by atoms with van der Waals surface area (Å²) in [6.45, 7) is 0. The highest BCUT2D eigenvalue weighted by molar-refractivity contribution is 5.83. The SMILES string of the molecule is FC1=C(F)C(C(F)(F)F)(C(F)(F)F)C(F)(F)C(F)=C1c1c(F)c(F)c(F)c(F)c1F. The van der Waals surface area contributed by atoms with Crippen LogP contribution in [0.2, 0.25) is 0 Å². The van der Waals surface area contributed by atoms with E-state index >= 15 is 0 Å². The standard InChI is InChI=1S/C14F16/c15-3-1(4(16)7(19)8(20)6(3)18)2-5(17)10(22)11(13(25,26)27,14(28,29)30)12(23,24)9(2)21. The molecule has 0 aliphatic heterocycles. The zero-order chi connectivity index (χ0) is 23.8. The topological polar surface area (TPSA) is 0 Å². The Kier molecular flexibility index (Phi) is 5.20. The van der Waals surface area contributed by atoms with Crippen molar-refractivity contribution in [1.29, 1.82) is 0 Å². The van der Waals surface area contributed by atoms with E-state index in [2.05, 4.69) is 0 Å². The molecular formula is C14F16. The third kappa shape index (κ3) is 2.64. The van der Waals surface area contributed by atoms with Gasteiger partial charge >= 0.3 is 18.3 Å². The number of rotatable bonds is 1. The first-order valence-electron chi connectivity index (χ1n) is 6.77. The Hall–Kier alpha value is -2.42. The van der Waals surface area contributed by atoms with Crippen LogP contribution in [0.4, 0.5) is 70.2 Å². The van der Waals surface area contributed by atoms with E-state index in [1.165, 1.54) is 0 Å². The van der Waals surface area contributed by atoms with Crippen LogP contribution in [0, 0.1) is 34.5 Å². The molecule has 0 saturated heterocycles. The van der Waals surface area contributed by atoms with E-state index in [1.807, 2.05) is 0 Å². The zero-order valence-corrected chi connectivity index (χ0v) is 13.0. The normalized spacial score (nSPS) is 19.6. The first kappa shape index (κ1) is 23.9. The molecular weight excluding hydrogens is 472 g/mol. The van der Waals surface area contributed by atoms with E-state index < -0.39 is 81.4 Å². The second-order valence-corrected chi connectivity index (χ2v) is 5.58. The van der Waals surface area contributed by atoms with E-state index in [9.17, 15) is 70.2 Å². The predicted octanol–water partition coefficient (Wildman–Crippen LogP) is 6.97. The molecule has 1 aromatic rings. The van der Waals surface area contributed by atoms with E-state index in [1.54, 1.807) is 0 Å². The highest BCUT2D eigenvalue weighted by atomic mass is 19.4. The van der Waals surface area contributed by atoms with Crippen LogP contribution in [0.15, 0.2) is 17.5 Å². The van der Waals surface area contributed by atoms with E-state index in [0.717, 1.165) is 0 Å². The minimum Gasteiger partial charge on any atom is -0.207 e. The summed E-state index contributed by atoms with van der Waals surface area (Å²) in [5.41, 5.74) is -13.6. The minimum absolute atomic E-state index is 3.03. The molecule has 1 aromatic carbocycles. The van der Waals surface area contributed by atoms with Gasteiger partial charge in [0.25, 0.3) is 5.41 Å². The summed E-state index contributed by atoms with van der Waals surface area (Å²) in [7, 11) is 0. The van der Waals surface area contributed by atoms with Crippen molar-refractivity contribution < 1.29 is 70.2 Å². The molecule has 0 radical (unpaired) electrons. The maximum atomic E-state index is 14.0. The summed E-state index contributed by atoms with van der Waals surface area (Å²) in [4.78, 5) is 0. The molecule has 0 amide bonds. The molecule has 0 heterocycles. The quantitative estimate of drug-likeness (QED) is 0.235. The van der Waals surface area contributed by atoms with Crippen LogP contribution in [-0.2, 0) is 0 Å². The lowest BCUT2D eigenvalue weighted by atomic mass is 9.72. The van der Waals surface area contributed by atoms with Crippen molar-refractivity contribution in [3.8, 4) is 0 Å². The molecule has 168 valence electrons. The maximum absolute atomic E-state index is 14.0. The van der Waals surface area contributed by atoms with E-state index in [-0.39, 0.29) is 0 Å². The fourth-order valence-corrected chi connectivity index (χ4v) is 2.64. The molecule has 0 atom stereocenters. The fourth-order valence-electron chi connectivity index (χ4n) is 2.64. The Morgan fingerprint density at radius 3 is 1.17 bits per heavy atom. The Morgan fingerprint density at radius 1 is 0.500 bits per heavy atom. The Labute approximate surface area is 153 Å². The summed E-state index contributed by atoms with van der Waals surface area (Å²) in [6.07, 6.45) is -15.0. The Balaban J connectivity index is 3.12. The van der Waals surface area contributed by atoms with Crippen molar-refractivity contribution in [1.82, 2.24) is 0 Å². The van der Waals surface area contributed by atoms with Gasteiger partial charge in [-0.05, 0) is 0 Å². The summed E-state index contributed by atoms with van der Waals surface area (Å²) in [5.74, 6) is -35.7. The van der Waals surface area contributed by atoms with Crippen molar-refractivity contribution in [2.45, 2.75) is 18.3 Å². The van der Waals surface area contributed by atoms with Gasteiger partial charge in [0.1, 0.15) is 0 Å². The lowest BCUT2D eigenvalue weighted by Crippen LogP contribution is -2.63. The van der Waals surface area contributed by atoms with Crippen LogP contribution < -0.4 is 0 Å². The van der Waals surface area contributed by atoms with Gasteiger partial charge in [-0.15, -0.1) is 0 Å². The maximum Gasteiger partial charge on any atom is 0.416 e. The van der Waals surface area contributed by atoms with Crippen molar-refractivity contribution in [3.05, 3.63) is 52.1 Å². The highest BCUT2D eigenvalue weighted by Gasteiger charge is 2.88. The number of benzene rings is 1. The molecule has 16 heteroatoms. The van der Waals surface area contributed by atoms with Gasteiger partial charge in [-0.25, -0.2) is 35.1 Å². The molecule has 0 saturated carbocycles. The summed E-state index contributed by atoms with van der Waals surface area (Å²) >= 11 is 0. The number of halogens is 16. The van der Waals surface area contributed by atoms with Crippen LogP contribution in [0.3, 0.4) is 0 Å². The van der Waals surface area contributed by atoms with Gasteiger partial charge in [-0.3, -0.25) is 0 Å². The van der Waals surface area contributed by atoms with Gasteiger partial charge in [-0.2, -0.15) is 35.1 Å². The molecule has 0 fully saturated rings. The van der Waals surface area contributed by atoms with Gasteiger partial charge in [-0.1, -0.05) is 0 Å². The van der Waals surface area contributed by atoms with Gasteiger partial charge < -0.3 is 0 Å². The monoisotopic (exact) mass is 472 g/mol. The van der Waals surface area contributed by atoms with Gasteiger partial charge in [0, 0.05) is 0 Å². The second kappa shape index (κ2) is 6.54. The van der Waals surface area contributed by atoms with Gasteiger partial charge in [0.2, 0.25) is 5.82 Å². The molecule has 1 aliphatic rings. The molecule has 0 unspecified atom stereocenters. The summed E-state index contributed by atoms with van der Waals surface area (Å²) in [5, 5.41) is 0. The average molecular weight is 472 g/mol. The van der Waals surface area contributed by atoms with Crippen molar-refractivity contribution >= 4 is 5.57 Å². The smallest absolute Gasteiger partial charge is 0.207 e. The summed E-state index contributed by atoms with van der Waals surface area (Å²) in [6, 6.07) is 0. The molecule has 0 aromatic heterocycles. The molecule has 1 aliphatic carbocycles.